The molecule has 1 aromatic carbocycles. The molecule has 0 unspecified atom stereocenters. The fourth-order valence-corrected chi connectivity index (χ4v) is 2.33. The summed E-state index contributed by atoms with van der Waals surface area (Å²) in [5.41, 5.74) is 2.06. The number of rotatable bonds is 7. The zero-order chi connectivity index (χ0) is 13.0. The van der Waals surface area contributed by atoms with Gasteiger partial charge in [0.1, 0.15) is 0 Å². The number of nitrogens with zero attached hydrogens (tertiary/aromatic N) is 1. The molecule has 1 saturated carbocycles. The summed E-state index contributed by atoms with van der Waals surface area (Å²) in [6, 6.07) is 8.67. The van der Waals surface area contributed by atoms with Crippen LogP contribution in [-0.4, -0.2) is 29.8 Å². The maximum absolute atomic E-state index is 12.1. The topological polar surface area (TPSA) is 20.3 Å². The van der Waals surface area contributed by atoms with Crippen LogP contribution in [0.4, 0.5) is 0 Å². The van der Waals surface area contributed by atoms with E-state index in [0.717, 1.165) is 24.7 Å². The van der Waals surface area contributed by atoms with E-state index < -0.39 is 0 Å². The van der Waals surface area contributed by atoms with E-state index >= 15 is 0 Å². The van der Waals surface area contributed by atoms with Gasteiger partial charge in [-0.1, -0.05) is 36.8 Å². The minimum absolute atomic E-state index is 0.275. The second-order valence-corrected chi connectivity index (χ2v) is 5.31. The molecule has 2 rings (SSSR count). The molecule has 0 amide bonds. The number of hydrogen-bond acceptors (Lipinski definition) is 2. The maximum Gasteiger partial charge on any atom is 0.164 e. The van der Waals surface area contributed by atoms with Crippen LogP contribution in [0.25, 0.3) is 0 Å². The first-order valence-electron chi connectivity index (χ1n) is 7.04. The highest BCUT2D eigenvalue weighted by atomic mass is 16.1. The van der Waals surface area contributed by atoms with Gasteiger partial charge in [-0.15, -0.1) is 0 Å². The summed E-state index contributed by atoms with van der Waals surface area (Å²) in [7, 11) is 0. The fraction of sp³-hybridized carbons (Fsp3) is 0.562. The molecule has 0 saturated heterocycles. The fourth-order valence-electron chi connectivity index (χ4n) is 2.33. The molecule has 0 aliphatic heterocycles. The highest BCUT2D eigenvalue weighted by Crippen LogP contribution is 2.27. The van der Waals surface area contributed by atoms with Crippen molar-refractivity contribution in [2.75, 3.05) is 13.1 Å². The van der Waals surface area contributed by atoms with Gasteiger partial charge in [0, 0.05) is 24.6 Å². The largest absolute Gasteiger partial charge is 0.300 e. The van der Waals surface area contributed by atoms with Crippen LogP contribution in [0.2, 0.25) is 0 Å². The Morgan fingerprint density at radius 2 is 1.89 bits per heavy atom. The first-order chi connectivity index (χ1) is 8.70. The van der Waals surface area contributed by atoms with Crippen LogP contribution >= 0.6 is 0 Å². The number of carbonyl (C=O) groups is 1. The summed E-state index contributed by atoms with van der Waals surface area (Å²) >= 11 is 0. The van der Waals surface area contributed by atoms with Gasteiger partial charge in [-0.3, -0.25) is 9.69 Å². The molecule has 1 aromatic rings. The van der Waals surface area contributed by atoms with E-state index in [1.165, 1.54) is 24.8 Å². The average Bonchev–Trinajstić information content (AvgIpc) is 3.19. The van der Waals surface area contributed by atoms with E-state index in [-0.39, 0.29) is 5.78 Å². The van der Waals surface area contributed by atoms with Crippen molar-refractivity contribution in [1.82, 2.24) is 4.90 Å². The van der Waals surface area contributed by atoms with E-state index in [1.54, 1.807) is 0 Å². The molecule has 1 fully saturated rings. The Kier molecular flexibility index (Phi) is 4.54. The molecular weight excluding hydrogens is 222 g/mol. The van der Waals surface area contributed by atoms with Crippen LogP contribution in [0.5, 0.6) is 0 Å². The van der Waals surface area contributed by atoms with Gasteiger partial charge in [0.15, 0.2) is 5.78 Å². The molecule has 2 heteroatoms. The molecule has 0 N–H and O–H groups in total. The number of Topliss-reactive ketones (excluding diaryl/α,β-unsaturated/α-hetero) is 1. The van der Waals surface area contributed by atoms with Crippen molar-refractivity contribution in [2.45, 2.75) is 45.6 Å². The van der Waals surface area contributed by atoms with Crippen molar-refractivity contribution in [1.29, 1.82) is 0 Å². The van der Waals surface area contributed by atoms with E-state index in [9.17, 15) is 4.79 Å². The normalized spacial score (nSPS) is 15.1. The van der Waals surface area contributed by atoms with Crippen molar-refractivity contribution < 1.29 is 4.79 Å². The quantitative estimate of drug-likeness (QED) is 0.686. The predicted octanol–water partition coefficient (Wildman–Crippen LogP) is 3.44. The zero-order valence-electron chi connectivity index (χ0n) is 11.5. The van der Waals surface area contributed by atoms with Gasteiger partial charge in [0.2, 0.25) is 0 Å². The standard InChI is InChI=1S/C16H23NO/c1-3-11-17(15-8-9-15)12-10-16(18)14-6-4-13(2)5-7-14/h4-7,15H,3,8-12H2,1-2H3. The highest BCUT2D eigenvalue weighted by Gasteiger charge is 2.28. The zero-order valence-corrected chi connectivity index (χ0v) is 11.5. The Hall–Kier alpha value is -1.15. The van der Waals surface area contributed by atoms with Gasteiger partial charge in [0.05, 0.1) is 0 Å². The van der Waals surface area contributed by atoms with E-state index in [1.807, 2.05) is 31.2 Å². The number of benzene rings is 1. The van der Waals surface area contributed by atoms with Gasteiger partial charge < -0.3 is 0 Å². The summed E-state index contributed by atoms with van der Waals surface area (Å²) in [5.74, 6) is 0.275. The average molecular weight is 245 g/mol. The molecule has 18 heavy (non-hydrogen) atoms. The van der Waals surface area contributed by atoms with E-state index in [4.69, 9.17) is 0 Å². The number of aryl methyl sites for hydroxylation is 1. The molecule has 0 heterocycles. The Balaban J connectivity index is 1.85. The summed E-state index contributed by atoms with van der Waals surface area (Å²) in [6.07, 6.45) is 4.46. The van der Waals surface area contributed by atoms with Gasteiger partial charge in [-0.05, 0) is 32.7 Å². The smallest absolute Gasteiger partial charge is 0.164 e. The van der Waals surface area contributed by atoms with Crippen LogP contribution in [0, 0.1) is 6.92 Å². The summed E-state index contributed by atoms with van der Waals surface area (Å²) < 4.78 is 0. The van der Waals surface area contributed by atoms with Crippen LogP contribution in [-0.2, 0) is 0 Å². The monoisotopic (exact) mass is 245 g/mol. The summed E-state index contributed by atoms with van der Waals surface area (Å²) in [4.78, 5) is 14.6. The minimum atomic E-state index is 0.275. The Bertz CT molecular complexity index is 392. The van der Waals surface area contributed by atoms with Crippen LogP contribution in [0.1, 0.15) is 48.5 Å². The maximum atomic E-state index is 12.1. The first kappa shape index (κ1) is 13.3. The van der Waals surface area contributed by atoms with Crippen molar-refractivity contribution >= 4 is 5.78 Å². The third-order valence-corrected chi connectivity index (χ3v) is 3.57. The first-order valence-corrected chi connectivity index (χ1v) is 7.04. The molecule has 0 atom stereocenters. The molecule has 1 aliphatic rings. The third-order valence-electron chi connectivity index (χ3n) is 3.57. The molecule has 0 bridgehead atoms. The molecular formula is C16H23NO. The van der Waals surface area contributed by atoms with Crippen LogP contribution in [0.15, 0.2) is 24.3 Å². The Morgan fingerprint density at radius 3 is 2.44 bits per heavy atom. The van der Waals surface area contributed by atoms with E-state index in [0.29, 0.717) is 6.42 Å². The summed E-state index contributed by atoms with van der Waals surface area (Å²) in [6.45, 7) is 6.30. The van der Waals surface area contributed by atoms with E-state index in [2.05, 4.69) is 11.8 Å². The van der Waals surface area contributed by atoms with Crippen LogP contribution in [0.3, 0.4) is 0 Å². The predicted molar refractivity (Wildman–Crippen MR) is 75.0 cm³/mol. The molecule has 0 spiro atoms. The second-order valence-electron chi connectivity index (χ2n) is 5.31. The SMILES string of the molecule is CCCN(CCC(=O)c1ccc(C)cc1)C1CC1. The van der Waals surface area contributed by atoms with Gasteiger partial charge in [-0.25, -0.2) is 0 Å². The molecule has 2 nitrogen and oxygen atoms in total. The van der Waals surface area contributed by atoms with Gasteiger partial charge in [-0.2, -0.15) is 0 Å². The highest BCUT2D eigenvalue weighted by molar-refractivity contribution is 5.96. The molecule has 0 aromatic heterocycles. The van der Waals surface area contributed by atoms with Crippen molar-refractivity contribution in [3.05, 3.63) is 35.4 Å². The number of carbonyl (C=O) groups excluding carboxylic acids is 1. The van der Waals surface area contributed by atoms with Crippen molar-refractivity contribution in [2.24, 2.45) is 0 Å². The van der Waals surface area contributed by atoms with Crippen molar-refractivity contribution in [3.8, 4) is 0 Å². The lowest BCUT2D eigenvalue weighted by Gasteiger charge is -2.20. The van der Waals surface area contributed by atoms with Gasteiger partial charge in [0.25, 0.3) is 0 Å². The number of ketones is 1. The lowest BCUT2D eigenvalue weighted by atomic mass is 10.1. The second kappa shape index (κ2) is 6.14. The van der Waals surface area contributed by atoms with Crippen LogP contribution < -0.4 is 0 Å². The van der Waals surface area contributed by atoms with Gasteiger partial charge >= 0.3 is 0 Å². The third kappa shape index (κ3) is 3.67. The molecule has 0 radical (unpaired) electrons. The molecule has 1 aliphatic carbocycles. The lowest BCUT2D eigenvalue weighted by molar-refractivity contribution is 0.0962. The molecule has 98 valence electrons. The summed E-state index contributed by atoms with van der Waals surface area (Å²) in [5, 5.41) is 0. The lowest BCUT2D eigenvalue weighted by Crippen LogP contribution is -2.29. The number of hydrogen-bond donors (Lipinski definition) is 0. The Labute approximate surface area is 110 Å². The minimum Gasteiger partial charge on any atom is -0.300 e. The van der Waals surface area contributed by atoms with Crippen molar-refractivity contribution in [3.63, 3.8) is 0 Å². The Morgan fingerprint density at radius 1 is 1.22 bits per heavy atom.